The first-order valence-electron chi connectivity index (χ1n) is 10.8. The number of rotatable bonds is 5. The van der Waals surface area contributed by atoms with Gasteiger partial charge in [-0.1, -0.05) is 24.2 Å². The summed E-state index contributed by atoms with van der Waals surface area (Å²) in [6.07, 6.45) is 2.47. The van der Waals surface area contributed by atoms with Crippen molar-refractivity contribution in [2.45, 2.75) is 37.8 Å². The summed E-state index contributed by atoms with van der Waals surface area (Å²) >= 11 is 1.58. The molecule has 33 heavy (non-hydrogen) atoms. The quantitative estimate of drug-likeness (QED) is 0.530. The summed E-state index contributed by atoms with van der Waals surface area (Å²) in [6, 6.07) is 5.70. The molecule has 0 aromatic carbocycles. The lowest BCUT2D eigenvalue weighted by molar-refractivity contribution is -0.146. The van der Waals surface area contributed by atoms with Crippen LogP contribution in [0.1, 0.15) is 36.6 Å². The van der Waals surface area contributed by atoms with Gasteiger partial charge in [0.1, 0.15) is 10.8 Å². The van der Waals surface area contributed by atoms with E-state index in [4.69, 9.17) is 0 Å². The SMILES string of the molecule is Cl.FC(F)(F)CN1CCN(c2cnc3ccc(Nc4nnc(C5CCCC5)s4)nc3c2)CC1. The van der Waals surface area contributed by atoms with Gasteiger partial charge in [-0.2, -0.15) is 13.2 Å². The van der Waals surface area contributed by atoms with Crippen LogP contribution in [-0.4, -0.2) is 64.0 Å². The molecule has 1 aliphatic carbocycles. The van der Waals surface area contributed by atoms with E-state index < -0.39 is 12.7 Å². The van der Waals surface area contributed by atoms with Gasteiger partial charge in [-0.3, -0.25) is 9.88 Å². The molecule has 2 aliphatic rings. The number of piperazine rings is 1. The summed E-state index contributed by atoms with van der Waals surface area (Å²) in [5.41, 5.74) is 2.36. The highest BCUT2D eigenvalue weighted by Gasteiger charge is 2.32. The van der Waals surface area contributed by atoms with Crippen LogP contribution in [0.15, 0.2) is 24.4 Å². The fourth-order valence-electron chi connectivity index (χ4n) is 4.39. The first kappa shape index (κ1) is 23.9. The van der Waals surface area contributed by atoms with E-state index in [1.54, 1.807) is 17.5 Å². The Morgan fingerprint density at radius 3 is 2.52 bits per heavy atom. The van der Waals surface area contributed by atoms with Gasteiger partial charge in [0.15, 0.2) is 0 Å². The van der Waals surface area contributed by atoms with Crippen LogP contribution < -0.4 is 10.2 Å². The van der Waals surface area contributed by atoms with Crippen molar-refractivity contribution >= 4 is 51.4 Å². The van der Waals surface area contributed by atoms with Crippen molar-refractivity contribution in [2.24, 2.45) is 0 Å². The number of aromatic nitrogens is 4. The van der Waals surface area contributed by atoms with E-state index in [1.165, 1.54) is 30.6 Å². The minimum atomic E-state index is -4.16. The van der Waals surface area contributed by atoms with Crippen molar-refractivity contribution in [3.05, 3.63) is 29.4 Å². The van der Waals surface area contributed by atoms with E-state index in [-0.39, 0.29) is 12.4 Å². The van der Waals surface area contributed by atoms with Crippen LogP contribution in [0.25, 0.3) is 11.0 Å². The fourth-order valence-corrected chi connectivity index (χ4v) is 5.31. The summed E-state index contributed by atoms with van der Waals surface area (Å²) < 4.78 is 37.9. The fraction of sp³-hybridized carbons (Fsp3) is 0.524. The highest BCUT2D eigenvalue weighted by molar-refractivity contribution is 7.15. The van der Waals surface area contributed by atoms with E-state index in [0.717, 1.165) is 26.9 Å². The molecule has 1 N–H and O–H groups in total. The van der Waals surface area contributed by atoms with Crippen molar-refractivity contribution < 1.29 is 13.2 Å². The summed E-state index contributed by atoms with van der Waals surface area (Å²) in [6.45, 7) is 0.924. The predicted octanol–water partition coefficient (Wildman–Crippen LogP) is 4.99. The van der Waals surface area contributed by atoms with E-state index >= 15 is 0 Å². The van der Waals surface area contributed by atoms with E-state index in [2.05, 4.69) is 30.4 Å². The van der Waals surface area contributed by atoms with Gasteiger partial charge in [0, 0.05) is 32.1 Å². The number of alkyl halides is 3. The van der Waals surface area contributed by atoms with Crippen LogP contribution in [0.4, 0.5) is 29.8 Å². The molecule has 1 saturated heterocycles. The van der Waals surface area contributed by atoms with Gasteiger partial charge in [0.25, 0.3) is 0 Å². The molecule has 0 unspecified atom stereocenters. The Bertz CT molecular complexity index is 1080. The molecule has 2 fully saturated rings. The van der Waals surface area contributed by atoms with Gasteiger partial charge in [0.05, 0.1) is 29.5 Å². The highest BCUT2D eigenvalue weighted by Crippen LogP contribution is 2.37. The van der Waals surface area contributed by atoms with E-state index in [1.807, 2.05) is 18.2 Å². The summed E-state index contributed by atoms with van der Waals surface area (Å²) in [5.74, 6) is 1.19. The number of halogens is 4. The lowest BCUT2D eigenvalue weighted by Gasteiger charge is -2.36. The van der Waals surface area contributed by atoms with Crippen molar-refractivity contribution in [1.29, 1.82) is 0 Å². The number of pyridine rings is 2. The minimum absolute atomic E-state index is 0. The average molecular weight is 500 g/mol. The van der Waals surface area contributed by atoms with Crippen molar-refractivity contribution in [3.8, 4) is 0 Å². The number of nitrogens with one attached hydrogen (secondary N) is 1. The second-order valence-corrected chi connectivity index (χ2v) is 9.37. The lowest BCUT2D eigenvalue weighted by Crippen LogP contribution is -2.49. The third-order valence-electron chi connectivity index (χ3n) is 6.04. The zero-order chi connectivity index (χ0) is 22.1. The molecular weight excluding hydrogens is 475 g/mol. The van der Waals surface area contributed by atoms with Gasteiger partial charge in [-0.05, 0) is 31.0 Å². The second kappa shape index (κ2) is 9.94. The average Bonchev–Trinajstić information content (AvgIpc) is 3.45. The zero-order valence-electron chi connectivity index (χ0n) is 17.9. The number of fused-ring (bicyclic) bond motifs is 1. The summed E-state index contributed by atoms with van der Waals surface area (Å²) in [7, 11) is 0. The van der Waals surface area contributed by atoms with Crippen LogP contribution >= 0.6 is 23.7 Å². The zero-order valence-corrected chi connectivity index (χ0v) is 19.5. The van der Waals surface area contributed by atoms with E-state index in [9.17, 15) is 13.2 Å². The highest BCUT2D eigenvalue weighted by atomic mass is 35.5. The maximum Gasteiger partial charge on any atom is 0.401 e. The third-order valence-corrected chi connectivity index (χ3v) is 7.04. The molecular formula is C21H25ClF3N7S. The number of hydrogen-bond donors (Lipinski definition) is 1. The van der Waals surface area contributed by atoms with Crippen LogP contribution in [-0.2, 0) is 0 Å². The molecule has 0 bridgehead atoms. The van der Waals surface area contributed by atoms with Gasteiger partial charge in [-0.15, -0.1) is 22.6 Å². The van der Waals surface area contributed by atoms with Crippen molar-refractivity contribution in [1.82, 2.24) is 25.1 Å². The lowest BCUT2D eigenvalue weighted by atomic mass is 10.1. The second-order valence-electron chi connectivity index (χ2n) is 8.36. The molecule has 0 radical (unpaired) electrons. The molecule has 7 nitrogen and oxygen atoms in total. The summed E-state index contributed by atoms with van der Waals surface area (Å²) in [5, 5.41) is 13.7. The standard InChI is InChI=1S/C21H24F3N7S.ClH/c22-21(23,24)13-30-7-9-31(10-8-30)15-11-17-16(25-12-15)5-6-18(26-17)27-20-29-28-19(32-20)14-3-1-2-4-14;/h5-6,11-12,14H,1-4,7-10,13H2,(H,26,27,29);1H. The number of nitrogens with zero attached hydrogens (tertiary/aromatic N) is 6. The first-order chi connectivity index (χ1) is 15.4. The Kier molecular flexibility index (Phi) is 7.20. The minimum Gasteiger partial charge on any atom is -0.368 e. The number of hydrogen-bond acceptors (Lipinski definition) is 8. The van der Waals surface area contributed by atoms with E-state index in [0.29, 0.717) is 37.9 Å². The topological polar surface area (TPSA) is 70.1 Å². The van der Waals surface area contributed by atoms with Crippen molar-refractivity contribution in [2.75, 3.05) is 42.9 Å². The molecule has 1 saturated carbocycles. The monoisotopic (exact) mass is 499 g/mol. The van der Waals surface area contributed by atoms with Gasteiger partial charge >= 0.3 is 6.18 Å². The normalized spacial score (nSPS) is 18.0. The molecule has 12 heteroatoms. The maximum absolute atomic E-state index is 12.6. The predicted molar refractivity (Wildman–Crippen MR) is 126 cm³/mol. The summed E-state index contributed by atoms with van der Waals surface area (Å²) in [4.78, 5) is 12.7. The van der Waals surface area contributed by atoms with Crippen LogP contribution in [0.2, 0.25) is 0 Å². The van der Waals surface area contributed by atoms with Gasteiger partial charge in [-0.25, -0.2) is 4.98 Å². The molecule has 3 aromatic heterocycles. The van der Waals surface area contributed by atoms with Crippen LogP contribution in [0.5, 0.6) is 0 Å². The number of anilines is 3. The molecule has 178 valence electrons. The Hall–Kier alpha value is -2.24. The first-order valence-corrected chi connectivity index (χ1v) is 11.7. The Balaban J connectivity index is 0.00000259. The van der Waals surface area contributed by atoms with Gasteiger partial charge in [0.2, 0.25) is 5.13 Å². The Morgan fingerprint density at radius 2 is 1.79 bits per heavy atom. The molecule has 1 aliphatic heterocycles. The largest absolute Gasteiger partial charge is 0.401 e. The van der Waals surface area contributed by atoms with Crippen LogP contribution in [0.3, 0.4) is 0 Å². The van der Waals surface area contributed by atoms with Crippen LogP contribution in [0, 0.1) is 0 Å². The van der Waals surface area contributed by atoms with Crippen molar-refractivity contribution in [3.63, 3.8) is 0 Å². The molecule has 0 amide bonds. The molecule has 4 heterocycles. The molecule has 0 spiro atoms. The Labute approximate surface area is 199 Å². The molecule has 5 rings (SSSR count). The molecule has 0 atom stereocenters. The maximum atomic E-state index is 12.6. The molecule has 3 aromatic rings. The third kappa shape index (κ3) is 5.82. The Morgan fingerprint density at radius 1 is 1.03 bits per heavy atom. The van der Waals surface area contributed by atoms with Gasteiger partial charge < -0.3 is 10.2 Å². The smallest absolute Gasteiger partial charge is 0.368 e.